The normalized spacial score (nSPS) is 15.2. The van der Waals surface area contributed by atoms with Gasteiger partial charge in [0.15, 0.2) is 10.5 Å². The van der Waals surface area contributed by atoms with E-state index in [0.717, 1.165) is 15.9 Å². The molecule has 0 N–H and O–H groups in total. The maximum atomic E-state index is 14.4. The lowest BCUT2D eigenvalue weighted by atomic mass is 9.95. The first-order valence-electron chi connectivity index (χ1n) is 12.8. The second-order valence-electron chi connectivity index (χ2n) is 9.30. The number of rotatable bonds is 7. The van der Waals surface area contributed by atoms with E-state index in [1.165, 1.54) is 37.3 Å². The molecule has 1 aliphatic rings. The van der Waals surface area contributed by atoms with Gasteiger partial charge in [-0.25, -0.2) is 9.79 Å². The number of ether oxygens (including phenoxy) is 2. The minimum absolute atomic E-state index is 0.0195. The Morgan fingerprint density at radius 3 is 2.45 bits per heavy atom. The van der Waals surface area contributed by atoms with Crippen LogP contribution in [-0.4, -0.2) is 23.3 Å². The highest BCUT2D eigenvalue weighted by Crippen LogP contribution is 2.39. The van der Waals surface area contributed by atoms with Crippen molar-refractivity contribution in [2.75, 3.05) is 6.61 Å². The average molecular weight is 747 g/mol. The van der Waals surface area contributed by atoms with Crippen molar-refractivity contribution in [3.05, 3.63) is 128 Å². The van der Waals surface area contributed by atoms with Gasteiger partial charge in [0.1, 0.15) is 12.4 Å². The third kappa shape index (κ3) is 6.62. The summed E-state index contributed by atoms with van der Waals surface area (Å²) in [5.41, 5.74) is -1.67. The molecule has 228 valence electrons. The minimum Gasteiger partial charge on any atom is -0.487 e. The fourth-order valence-corrected chi connectivity index (χ4v) is 6.80. The molecule has 0 fully saturated rings. The van der Waals surface area contributed by atoms with Gasteiger partial charge in [-0.15, -0.1) is 0 Å². The second kappa shape index (κ2) is 13.1. The Morgan fingerprint density at radius 2 is 1.80 bits per heavy atom. The number of halogens is 7. The number of fused-ring (bicyclic) bond motifs is 1. The van der Waals surface area contributed by atoms with Crippen LogP contribution in [0.1, 0.15) is 29.7 Å². The number of thiazole rings is 1. The number of carbonyl (C=O) groups excluding carboxylic acids is 1. The van der Waals surface area contributed by atoms with Crippen LogP contribution >= 0.6 is 62.1 Å². The van der Waals surface area contributed by atoms with Gasteiger partial charge < -0.3 is 9.47 Å². The molecule has 0 bridgehead atoms. The molecule has 2 heterocycles. The molecular formula is C30H19BrCl3F3N2O4S. The third-order valence-electron chi connectivity index (χ3n) is 6.43. The summed E-state index contributed by atoms with van der Waals surface area (Å²) >= 11 is 22.8. The molecule has 0 unspecified atom stereocenters. The summed E-state index contributed by atoms with van der Waals surface area (Å²) in [5, 5.41) is 1.12. The largest absolute Gasteiger partial charge is 0.487 e. The summed E-state index contributed by atoms with van der Waals surface area (Å²) in [6.45, 7) is 1.36. The van der Waals surface area contributed by atoms with E-state index in [1.807, 2.05) is 0 Å². The molecule has 0 amide bonds. The predicted octanol–water partition coefficient (Wildman–Crippen LogP) is 7.64. The van der Waals surface area contributed by atoms with E-state index in [-0.39, 0.29) is 28.1 Å². The van der Waals surface area contributed by atoms with Gasteiger partial charge in [-0.3, -0.25) is 9.36 Å². The quantitative estimate of drug-likeness (QED) is 0.183. The third-order valence-corrected chi connectivity index (χ3v) is 8.85. The standard InChI is InChI=1S/C30H19BrCl3F3N2O4S/c1-2-42-28(41)23-24(15-7-9-18(32)10-8-15)39-27(40)22(44-29(39)38-26(23)30(35,36)37)12-17-11-19(33)13-20(31)25(17)43-14-16-5-3-4-6-21(16)34/h3-13,24H,2,14H2,1H3/b22-12-/t24-/m1/s1. The first-order valence-corrected chi connectivity index (χ1v) is 15.5. The molecule has 5 rings (SSSR count). The van der Waals surface area contributed by atoms with Crippen LogP contribution in [0.2, 0.25) is 15.1 Å². The number of aromatic nitrogens is 1. The molecule has 6 nitrogen and oxygen atoms in total. The SMILES string of the molecule is CCOC(=O)C1=C(C(F)(F)F)N=c2s/c(=C\c3cc(Cl)cc(Br)c3OCc3ccccc3Cl)c(=O)n2[C@@H]1c1ccc(Cl)cc1. The van der Waals surface area contributed by atoms with E-state index in [9.17, 15) is 22.8 Å². The van der Waals surface area contributed by atoms with Crippen LogP contribution in [0.15, 0.2) is 86.2 Å². The molecule has 1 atom stereocenters. The lowest BCUT2D eigenvalue weighted by Gasteiger charge is -2.26. The lowest BCUT2D eigenvalue weighted by Crippen LogP contribution is -2.41. The molecule has 0 aliphatic carbocycles. The summed E-state index contributed by atoms with van der Waals surface area (Å²) in [5.74, 6) is -0.926. The average Bonchev–Trinajstić information content (AvgIpc) is 3.27. The van der Waals surface area contributed by atoms with Gasteiger partial charge in [0.05, 0.1) is 27.2 Å². The van der Waals surface area contributed by atoms with Crippen molar-refractivity contribution in [1.29, 1.82) is 0 Å². The Bertz CT molecular complexity index is 1980. The number of hydrogen-bond acceptors (Lipinski definition) is 6. The molecule has 14 heteroatoms. The fourth-order valence-electron chi connectivity index (χ4n) is 4.55. The van der Waals surface area contributed by atoms with Crippen molar-refractivity contribution >= 4 is 74.1 Å². The molecule has 0 spiro atoms. The molecule has 0 saturated heterocycles. The highest BCUT2D eigenvalue weighted by Gasteiger charge is 2.45. The monoisotopic (exact) mass is 744 g/mol. The molecule has 44 heavy (non-hydrogen) atoms. The molecule has 4 aromatic rings. The van der Waals surface area contributed by atoms with Crippen molar-refractivity contribution in [1.82, 2.24) is 4.57 Å². The summed E-state index contributed by atoms with van der Waals surface area (Å²) < 4.78 is 55.7. The van der Waals surface area contributed by atoms with Gasteiger partial charge in [-0.2, -0.15) is 13.2 Å². The maximum absolute atomic E-state index is 14.4. The van der Waals surface area contributed by atoms with Crippen molar-refractivity contribution in [2.24, 2.45) is 4.99 Å². The molecule has 0 saturated carbocycles. The van der Waals surface area contributed by atoms with Crippen LogP contribution in [0.25, 0.3) is 6.08 Å². The van der Waals surface area contributed by atoms with Gasteiger partial charge in [0.25, 0.3) is 5.56 Å². The van der Waals surface area contributed by atoms with E-state index in [0.29, 0.717) is 36.4 Å². The van der Waals surface area contributed by atoms with Crippen LogP contribution in [0.5, 0.6) is 5.75 Å². The van der Waals surface area contributed by atoms with Crippen LogP contribution in [-0.2, 0) is 16.1 Å². The van der Waals surface area contributed by atoms with Crippen molar-refractivity contribution in [3.63, 3.8) is 0 Å². The Labute approximate surface area is 275 Å². The number of esters is 1. The first-order chi connectivity index (χ1) is 20.9. The van der Waals surface area contributed by atoms with Crippen molar-refractivity contribution < 1.29 is 27.4 Å². The number of hydrogen-bond donors (Lipinski definition) is 0. The molecule has 1 aromatic heterocycles. The van der Waals surface area contributed by atoms with E-state index >= 15 is 0 Å². The number of alkyl halides is 3. The summed E-state index contributed by atoms with van der Waals surface area (Å²) in [4.78, 5) is 30.5. The summed E-state index contributed by atoms with van der Waals surface area (Å²) in [6.07, 6.45) is -3.58. The Hall–Kier alpha value is -3.09. The van der Waals surface area contributed by atoms with Gasteiger partial charge >= 0.3 is 12.1 Å². The number of allylic oxidation sites excluding steroid dienone is 1. The van der Waals surface area contributed by atoms with Crippen molar-refractivity contribution in [3.8, 4) is 5.75 Å². The molecule has 0 radical (unpaired) electrons. The second-order valence-corrected chi connectivity index (χ2v) is 12.4. The number of carbonyl (C=O) groups is 1. The van der Waals surface area contributed by atoms with Crippen molar-refractivity contribution in [2.45, 2.75) is 25.7 Å². The van der Waals surface area contributed by atoms with E-state index < -0.39 is 35.0 Å². The maximum Gasteiger partial charge on any atom is 0.434 e. The van der Waals surface area contributed by atoms with Crippen LogP contribution in [0.4, 0.5) is 13.2 Å². The molecule has 1 aliphatic heterocycles. The summed E-state index contributed by atoms with van der Waals surface area (Å²) in [6, 6.07) is 14.5. The van der Waals surface area contributed by atoms with Crippen LogP contribution in [0.3, 0.4) is 0 Å². The highest BCUT2D eigenvalue weighted by molar-refractivity contribution is 9.10. The lowest BCUT2D eigenvalue weighted by molar-refractivity contribution is -0.140. The number of nitrogens with zero attached hydrogens (tertiary/aromatic N) is 2. The number of benzene rings is 3. The van der Waals surface area contributed by atoms with Gasteiger partial charge in [-0.05, 0) is 64.8 Å². The molecule has 3 aromatic carbocycles. The smallest absolute Gasteiger partial charge is 0.434 e. The zero-order valence-corrected chi connectivity index (χ0v) is 27.1. The topological polar surface area (TPSA) is 69.9 Å². The zero-order chi connectivity index (χ0) is 31.8. The first kappa shape index (κ1) is 32.3. The van der Waals surface area contributed by atoms with E-state index in [2.05, 4.69) is 20.9 Å². The minimum atomic E-state index is -5.03. The van der Waals surface area contributed by atoms with Gasteiger partial charge in [0.2, 0.25) is 0 Å². The predicted molar refractivity (Wildman–Crippen MR) is 167 cm³/mol. The highest BCUT2D eigenvalue weighted by atomic mass is 79.9. The Morgan fingerprint density at radius 1 is 1.09 bits per heavy atom. The van der Waals surface area contributed by atoms with Crippen LogP contribution < -0.4 is 19.6 Å². The Kier molecular flexibility index (Phi) is 9.62. The zero-order valence-electron chi connectivity index (χ0n) is 22.4. The molecular weight excluding hydrogens is 728 g/mol. The van der Waals surface area contributed by atoms with Gasteiger partial charge in [-0.1, -0.05) is 76.5 Å². The van der Waals surface area contributed by atoms with E-state index in [1.54, 1.807) is 36.4 Å². The van der Waals surface area contributed by atoms with E-state index in [4.69, 9.17) is 44.3 Å². The summed E-state index contributed by atoms with van der Waals surface area (Å²) in [7, 11) is 0. The fraction of sp³-hybridized carbons (Fsp3) is 0.167. The van der Waals surface area contributed by atoms with Crippen LogP contribution in [0, 0.1) is 0 Å². The Balaban J connectivity index is 1.72. The van der Waals surface area contributed by atoms with Gasteiger partial charge in [0, 0.05) is 26.2 Å².